The van der Waals surface area contributed by atoms with E-state index in [2.05, 4.69) is 31.2 Å². The van der Waals surface area contributed by atoms with Gasteiger partial charge in [0.1, 0.15) is 0 Å². The van der Waals surface area contributed by atoms with E-state index in [1.165, 1.54) is 0 Å². The topological polar surface area (TPSA) is 132 Å². The molecule has 0 fully saturated rings. The Balaban J connectivity index is 1.86. The molecule has 8 nitrogen and oxygen atoms in total. The number of nitrogens with one attached hydrogen (secondary N) is 2. The number of aromatic amines is 1. The Morgan fingerprint density at radius 3 is 2.59 bits per heavy atom. The number of carboxylic acid groups (broad SMARTS) is 1. The molecule has 0 unspecified atom stereocenters. The molecule has 3 rings (SSSR count). The Labute approximate surface area is 164 Å². The minimum atomic E-state index is -1.53. The number of nitrogens with zero attached hydrogens (tertiary/aromatic N) is 1. The van der Waals surface area contributed by atoms with Crippen molar-refractivity contribution >= 4 is 44.8 Å². The fourth-order valence-electron chi connectivity index (χ4n) is 2.30. The number of carboxylic acids is 1. The van der Waals surface area contributed by atoms with Crippen LogP contribution >= 0.6 is 27.3 Å². The number of aromatic carboxylic acids is 1. The molecule has 2 aromatic heterocycles. The third-order valence-corrected chi connectivity index (χ3v) is 4.98. The molecule has 4 N–H and O–H groups in total. The van der Waals surface area contributed by atoms with Gasteiger partial charge in [-0.25, -0.2) is 9.78 Å². The molecule has 1 aromatic carbocycles. The van der Waals surface area contributed by atoms with E-state index in [1.807, 2.05) is 24.3 Å². The Morgan fingerprint density at radius 2 is 1.93 bits per heavy atom. The van der Waals surface area contributed by atoms with E-state index in [9.17, 15) is 19.5 Å². The predicted octanol–water partition coefficient (Wildman–Crippen LogP) is 2.85. The van der Waals surface area contributed by atoms with Crippen LogP contribution in [0.2, 0.25) is 0 Å². The maximum Gasteiger partial charge on any atom is 0.358 e. The van der Waals surface area contributed by atoms with Crippen LogP contribution in [0.5, 0.6) is 5.75 Å². The van der Waals surface area contributed by atoms with Gasteiger partial charge in [-0.05, 0) is 29.1 Å². The first kappa shape index (κ1) is 18.8. The highest BCUT2D eigenvalue weighted by Crippen LogP contribution is 2.31. The Bertz CT molecular complexity index is 1070. The fraction of sp³-hybridized carbons (Fsp3) is 0.0588. The molecule has 138 valence electrons. The number of aromatic nitrogens is 2. The first-order valence-electron chi connectivity index (χ1n) is 7.54. The Kier molecular flexibility index (Phi) is 5.38. The van der Waals surface area contributed by atoms with E-state index in [0.717, 1.165) is 21.4 Å². The SMILES string of the molecule is O=C(Cc1ccc(Br)cc1)Nc1ccsc1-c1nc(C(=O)O)c(O)c(=O)[nH]1. The van der Waals surface area contributed by atoms with Crippen molar-refractivity contribution in [2.45, 2.75) is 6.42 Å². The quantitative estimate of drug-likeness (QED) is 0.473. The zero-order chi connectivity index (χ0) is 19.6. The summed E-state index contributed by atoms with van der Waals surface area (Å²) in [6.45, 7) is 0. The summed E-state index contributed by atoms with van der Waals surface area (Å²) in [6.07, 6.45) is 0.141. The summed E-state index contributed by atoms with van der Waals surface area (Å²) in [6, 6.07) is 8.91. The second-order valence-corrected chi connectivity index (χ2v) is 7.26. The van der Waals surface area contributed by atoms with Gasteiger partial charge in [-0.3, -0.25) is 9.59 Å². The van der Waals surface area contributed by atoms with Crippen molar-refractivity contribution in [2.24, 2.45) is 0 Å². The van der Waals surface area contributed by atoms with Crippen molar-refractivity contribution in [1.29, 1.82) is 0 Å². The molecule has 0 aliphatic carbocycles. The third-order valence-electron chi connectivity index (χ3n) is 3.53. The number of aromatic hydroxyl groups is 1. The number of halogens is 1. The molecule has 0 saturated heterocycles. The van der Waals surface area contributed by atoms with E-state index in [1.54, 1.807) is 11.4 Å². The van der Waals surface area contributed by atoms with Crippen molar-refractivity contribution in [3.8, 4) is 16.5 Å². The van der Waals surface area contributed by atoms with Crippen LogP contribution in [0.25, 0.3) is 10.7 Å². The van der Waals surface area contributed by atoms with Crippen molar-refractivity contribution in [2.75, 3.05) is 5.32 Å². The van der Waals surface area contributed by atoms with Gasteiger partial charge in [-0.2, -0.15) is 0 Å². The molecule has 2 heterocycles. The minimum Gasteiger partial charge on any atom is -0.501 e. The lowest BCUT2D eigenvalue weighted by Crippen LogP contribution is -2.17. The van der Waals surface area contributed by atoms with Gasteiger partial charge in [0.05, 0.1) is 17.0 Å². The zero-order valence-corrected chi connectivity index (χ0v) is 15.9. The number of carbonyl (C=O) groups excluding carboxylic acids is 1. The first-order chi connectivity index (χ1) is 12.8. The molecule has 0 radical (unpaired) electrons. The molecule has 1 amide bonds. The van der Waals surface area contributed by atoms with Gasteiger partial charge >= 0.3 is 5.97 Å². The molecule has 0 aliphatic heterocycles. The average molecular weight is 450 g/mol. The van der Waals surface area contributed by atoms with Gasteiger partial charge < -0.3 is 20.5 Å². The summed E-state index contributed by atoms with van der Waals surface area (Å²) in [5.41, 5.74) is -0.531. The standard InChI is InChI=1S/C17H12BrN3O5S/c18-9-3-1-8(2-4-9)7-11(22)19-10-5-6-27-14(10)15-20-12(17(25)26)13(23)16(24)21-15/h1-6,23H,7H2,(H,19,22)(H,25,26)(H,20,21,24). The summed E-state index contributed by atoms with van der Waals surface area (Å²) in [5.74, 6) is -2.83. The summed E-state index contributed by atoms with van der Waals surface area (Å²) >= 11 is 4.49. The van der Waals surface area contributed by atoms with E-state index < -0.39 is 23.0 Å². The zero-order valence-electron chi connectivity index (χ0n) is 13.5. The molecular formula is C17H12BrN3O5S. The monoisotopic (exact) mass is 449 g/mol. The van der Waals surface area contributed by atoms with Crippen LogP contribution in [0.3, 0.4) is 0 Å². The second-order valence-electron chi connectivity index (χ2n) is 5.43. The smallest absolute Gasteiger partial charge is 0.358 e. The minimum absolute atomic E-state index is 0.0517. The second kappa shape index (κ2) is 7.72. The van der Waals surface area contributed by atoms with Gasteiger partial charge in [0, 0.05) is 4.47 Å². The largest absolute Gasteiger partial charge is 0.501 e. The maximum absolute atomic E-state index is 12.3. The fourth-order valence-corrected chi connectivity index (χ4v) is 3.36. The highest BCUT2D eigenvalue weighted by atomic mass is 79.9. The van der Waals surface area contributed by atoms with Gasteiger partial charge in [0.15, 0.2) is 11.5 Å². The lowest BCUT2D eigenvalue weighted by atomic mass is 10.1. The maximum atomic E-state index is 12.3. The van der Waals surface area contributed by atoms with Crippen molar-refractivity contribution in [1.82, 2.24) is 9.97 Å². The number of H-pyrrole nitrogens is 1. The molecule has 3 aromatic rings. The van der Waals surface area contributed by atoms with Crippen LogP contribution in [0.1, 0.15) is 16.1 Å². The lowest BCUT2D eigenvalue weighted by molar-refractivity contribution is -0.115. The molecule has 0 saturated carbocycles. The number of carbonyl (C=O) groups is 2. The van der Waals surface area contributed by atoms with Gasteiger partial charge in [0.2, 0.25) is 11.7 Å². The molecular weight excluding hydrogens is 438 g/mol. The highest BCUT2D eigenvalue weighted by molar-refractivity contribution is 9.10. The highest BCUT2D eigenvalue weighted by Gasteiger charge is 2.20. The van der Waals surface area contributed by atoms with Crippen LogP contribution < -0.4 is 10.9 Å². The number of rotatable bonds is 5. The molecule has 0 aliphatic rings. The molecule has 0 bridgehead atoms. The van der Waals surface area contributed by atoms with Crippen LogP contribution in [0.15, 0.2) is 45.0 Å². The van der Waals surface area contributed by atoms with Crippen molar-refractivity contribution in [3.05, 3.63) is 61.8 Å². The number of hydrogen-bond acceptors (Lipinski definition) is 6. The number of hydrogen-bond donors (Lipinski definition) is 4. The summed E-state index contributed by atoms with van der Waals surface area (Å²) in [4.78, 5) is 41.7. The van der Waals surface area contributed by atoms with Crippen LogP contribution in [0, 0.1) is 0 Å². The van der Waals surface area contributed by atoms with Crippen LogP contribution in [0.4, 0.5) is 5.69 Å². The van der Waals surface area contributed by atoms with Crippen molar-refractivity contribution < 1.29 is 19.8 Å². The van der Waals surface area contributed by atoms with Gasteiger partial charge in [0.25, 0.3) is 5.56 Å². The van der Waals surface area contributed by atoms with E-state index in [4.69, 9.17) is 5.11 Å². The van der Waals surface area contributed by atoms with Crippen LogP contribution in [-0.4, -0.2) is 32.1 Å². The summed E-state index contributed by atoms with van der Waals surface area (Å²) < 4.78 is 0.906. The average Bonchev–Trinajstić information content (AvgIpc) is 3.07. The third kappa shape index (κ3) is 4.23. The number of anilines is 1. The molecule has 10 heteroatoms. The molecule has 27 heavy (non-hydrogen) atoms. The summed E-state index contributed by atoms with van der Waals surface area (Å²) in [5, 5.41) is 23.0. The normalized spacial score (nSPS) is 10.6. The predicted molar refractivity (Wildman–Crippen MR) is 103 cm³/mol. The summed E-state index contributed by atoms with van der Waals surface area (Å²) in [7, 11) is 0. The van der Waals surface area contributed by atoms with E-state index in [0.29, 0.717) is 10.6 Å². The van der Waals surface area contributed by atoms with Crippen molar-refractivity contribution in [3.63, 3.8) is 0 Å². The number of amides is 1. The molecule has 0 atom stereocenters. The number of thiophene rings is 1. The van der Waals surface area contributed by atoms with E-state index in [-0.39, 0.29) is 18.2 Å². The lowest BCUT2D eigenvalue weighted by Gasteiger charge is -2.07. The van der Waals surface area contributed by atoms with Gasteiger partial charge in [-0.15, -0.1) is 11.3 Å². The Hall–Kier alpha value is -2.98. The Morgan fingerprint density at radius 1 is 1.22 bits per heavy atom. The number of benzene rings is 1. The van der Waals surface area contributed by atoms with E-state index >= 15 is 0 Å². The first-order valence-corrected chi connectivity index (χ1v) is 9.21. The molecule has 0 spiro atoms. The van der Waals surface area contributed by atoms with Gasteiger partial charge in [-0.1, -0.05) is 28.1 Å². The van der Waals surface area contributed by atoms with Crippen LogP contribution in [-0.2, 0) is 11.2 Å².